The maximum atomic E-state index is 11.3. The van der Waals surface area contributed by atoms with Gasteiger partial charge in [0.1, 0.15) is 0 Å². The first-order chi connectivity index (χ1) is 7.27. The van der Waals surface area contributed by atoms with E-state index in [2.05, 4.69) is 10.3 Å². The number of hydrogen-bond acceptors (Lipinski definition) is 2. The lowest BCUT2D eigenvalue weighted by molar-refractivity contribution is -0.121. The summed E-state index contributed by atoms with van der Waals surface area (Å²) in [5.41, 5.74) is 0.944. The lowest BCUT2D eigenvalue weighted by atomic mass is 10.3. The number of nitrogens with one attached hydrogen (secondary N) is 1. The van der Waals surface area contributed by atoms with Crippen molar-refractivity contribution >= 4 is 17.5 Å². The molecule has 0 radical (unpaired) electrons. The molecule has 1 aromatic heterocycles. The molecule has 0 aliphatic heterocycles. The van der Waals surface area contributed by atoms with Crippen LogP contribution in [0.3, 0.4) is 0 Å². The average molecular weight is 230 g/mol. The van der Waals surface area contributed by atoms with Gasteiger partial charge in [-0.2, -0.15) is 0 Å². The molecule has 0 fully saturated rings. The molecule has 0 bridgehead atoms. The van der Waals surface area contributed by atoms with Gasteiger partial charge < -0.3 is 9.88 Å². The SMILES string of the molecule is CCCNC(=O)CCn1cncc1CCl. The Balaban J connectivity index is 2.33. The van der Waals surface area contributed by atoms with E-state index < -0.39 is 0 Å². The summed E-state index contributed by atoms with van der Waals surface area (Å²) in [6.07, 6.45) is 4.85. The van der Waals surface area contributed by atoms with Gasteiger partial charge in [-0.05, 0) is 6.42 Å². The third-order valence-corrected chi connectivity index (χ3v) is 2.36. The van der Waals surface area contributed by atoms with E-state index in [4.69, 9.17) is 11.6 Å². The molecule has 0 saturated carbocycles. The molecule has 0 aliphatic rings. The van der Waals surface area contributed by atoms with Gasteiger partial charge in [-0.1, -0.05) is 6.92 Å². The molecule has 1 aromatic rings. The molecule has 0 spiro atoms. The smallest absolute Gasteiger partial charge is 0.221 e. The van der Waals surface area contributed by atoms with E-state index in [0.29, 0.717) is 18.8 Å². The minimum absolute atomic E-state index is 0.0751. The van der Waals surface area contributed by atoms with Crippen molar-refractivity contribution in [1.29, 1.82) is 0 Å². The summed E-state index contributed by atoms with van der Waals surface area (Å²) in [4.78, 5) is 15.3. The first-order valence-corrected chi connectivity index (χ1v) is 5.63. The Morgan fingerprint density at radius 1 is 1.67 bits per heavy atom. The topological polar surface area (TPSA) is 46.9 Å². The number of hydrogen-bond donors (Lipinski definition) is 1. The van der Waals surface area contributed by atoms with E-state index in [1.54, 1.807) is 12.5 Å². The monoisotopic (exact) mass is 229 g/mol. The van der Waals surface area contributed by atoms with Crippen LogP contribution in [-0.2, 0) is 17.2 Å². The Morgan fingerprint density at radius 2 is 2.47 bits per heavy atom. The van der Waals surface area contributed by atoms with Crippen LogP contribution in [0, 0.1) is 0 Å². The molecule has 0 saturated heterocycles. The van der Waals surface area contributed by atoms with Gasteiger partial charge in [0.15, 0.2) is 0 Å². The van der Waals surface area contributed by atoms with Crippen molar-refractivity contribution in [2.75, 3.05) is 6.54 Å². The zero-order chi connectivity index (χ0) is 11.1. The maximum Gasteiger partial charge on any atom is 0.221 e. The van der Waals surface area contributed by atoms with E-state index in [1.165, 1.54) is 0 Å². The zero-order valence-electron chi connectivity index (χ0n) is 8.87. The van der Waals surface area contributed by atoms with Gasteiger partial charge in [-0.15, -0.1) is 11.6 Å². The van der Waals surface area contributed by atoms with Crippen LogP contribution in [0.15, 0.2) is 12.5 Å². The lowest BCUT2D eigenvalue weighted by Gasteiger charge is -2.06. The predicted octanol–water partition coefficient (Wildman–Crippen LogP) is 1.54. The second kappa shape index (κ2) is 6.45. The van der Waals surface area contributed by atoms with Crippen molar-refractivity contribution in [1.82, 2.24) is 14.9 Å². The van der Waals surface area contributed by atoms with Gasteiger partial charge in [0.2, 0.25) is 5.91 Å². The molecule has 0 atom stereocenters. The molecule has 0 aliphatic carbocycles. The first-order valence-electron chi connectivity index (χ1n) is 5.09. The molecule has 5 heteroatoms. The van der Waals surface area contributed by atoms with Gasteiger partial charge in [-0.25, -0.2) is 4.98 Å². The van der Waals surface area contributed by atoms with Crippen molar-refractivity contribution < 1.29 is 4.79 Å². The predicted molar refractivity (Wildman–Crippen MR) is 59.7 cm³/mol. The molecule has 4 nitrogen and oxygen atoms in total. The average Bonchev–Trinajstić information content (AvgIpc) is 2.70. The Labute approximate surface area is 94.6 Å². The second-order valence-corrected chi connectivity index (χ2v) is 3.58. The number of alkyl halides is 1. The molecule has 84 valence electrons. The molecule has 1 heterocycles. The Kier molecular flexibility index (Phi) is 5.18. The van der Waals surface area contributed by atoms with Crippen LogP contribution in [0.25, 0.3) is 0 Å². The normalized spacial score (nSPS) is 10.3. The van der Waals surface area contributed by atoms with Crippen LogP contribution in [0.5, 0.6) is 0 Å². The van der Waals surface area contributed by atoms with Crippen LogP contribution in [0.4, 0.5) is 0 Å². The summed E-state index contributed by atoms with van der Waals surface area (Å²) >= 11 is 5.71. The minimum atomic E-state index is 0.0751. The molecular weight excluding hydrogens is 214 g/mol. The standard InChI is InChI=1S/C10H16ClN3O/c1-2-4-13-10(15)3-5-14-8-12-7-9(14)6-11/h7-8H,2-6H2,1H3,(H,13,15). The zero-order valence-corrected chi connectivity index (χ0v) is 9.63. The molecule has 15 heavy (non-hydrogen) atoms. The van der Waals surface area contributed by atoms with Crippen LogP contribution in [0.2, 0.25) is 0 Å². The highest BCUT2D eigenvalue weighted by atomic mass is 35.5. The number of halogens is 1. The van der Waals surface area contributed by atoms with Crippen LogP contribution in [-0.4, -0.2) is 22.0 Å². The molecule has 1 N–H and O–H groups in total. The van der Waals surface area contributed by atoms with E-state index >= 15 is 0 Å². The van der Waals surface area contributed by atoms with Crippen molar-refractivity contribution in [3.05, 3.63) is 18.2 Å². The molecule has 1 rings (SSSR count). The quantitative estimate of drug-likeness (QED) is 0.753. The minimum Gasteiger partial charge on any atom is -0.356 e. The first kappa shape index (κ1) is 12.0. The van der Waals surface area contributed by atoms with Crippen LogP contribution < -0.4 is 5.32 Å². The third kappa shape index (κ3) is 3.91. The Bertz CT molecular complexity index is 311. The number of carbonyl (C=O) groups excluding carboxylic acids is 1. The van der Waals surface area contributed by atoms with Crippen LogP contribution >= 0.6 is 11.6 Å². The second-order valence-electron chi connectivity index (χ2n) is 3.31. The van der Waals surface area contributed by atoms with E-state index in [0.717, 1.165) is 18.7 Å². The Hall–Kier alpha value is -1.03. The lowest BCUT2D eigenvalue weighted by Crippen LogP contribution is -2.25. The van der Waals surface area contributed by atoms with E-state index in [9.17, 15) is 4.79 Å². The van der Waals surface area contributed by atoms with Gasteiger partial charge >= 0.3 is 0 Å². The maximum absolute atomic E-state index is 11.3. The number of aryl methyl sites for hydroxylation is 1. The van der Waals surface area contributed by atoms with Gasteiger partial charge in [0.25, 0.3) is 0 Å². The number of imidazole rings is 1. The summed E-state index contributed by atoms with van der Waals surface area (Å²) in [6, 6.07) is 0. The fourth-order valence-electron chi connectivity index (χ4n) is 1.24. The largest absolute Gasteiger partial charge is 0.356 e. The van der Waals surface area contributed by atoms with Crippen molar-refractivity contribution in [3.8, 4) is 0 Å². The number of aromatic nitrogens is 2. The highest BCUT2D eigenvalue weighted by Crippen LogP contribution is 2.03. The fourth-order valence-corrected chi connectivity index (χ4v) is 1.46. The van der Waals surface area contributed by atoms with E-state index in [-0.39, 0.29) is 5.91 Å². The Morgan fingerprint density at radius 3 is 3.13 bits per heavy atom. The van der Waals surface area contributed by atoms with Crippen LogP contribution in [0.1, 0.15) is 25.5 Å². The van der Waals surface area contributed by atoms with Crippen molar-refractivity contribution in [3.63, 3.8) is 0 Å². The molecular formula is C10H16ClN3O. The van der Waals surface area contributed by atoms with Gasteiger partial charge in [-0.3, -0.25) is 4.79 Å². The summed E-state index contributed by atoms with van der Waals surface area (Å²) in [6.45, 7) is 3.41. The number of carbonyl (C=O) groups is 1. The van der Waals surface area contributed by atoms with Crippen molar-refractivity contribution in [2.24, 2.45) is 0 Å². The summed E-state index contributed by atoms with van der Waals surface area (Å²) in [5, 5.41) is 2.83. The summed E-state index contributed by atoms with van der Waals surface area (Å²) in [7, 11) is 0. The third-order valence-electron chi connectivity index (χ3n) is 2.09. The molecule has 1 amide bonds. The van der Waals surface area contributed by atoms with Gasteiger partial charge in [0.05, 0.1) is 17.9 Å². The summed E-state index contributed by atoms with van der Waals surface area (Å²) in [5.74, 6) is 0.502. The van der Waals surface area contributed by atoms with Gasteiger partial charge in [0, 0.05) is 25.7 Å². The van der Waals surface area contributed by atoms with E-state index in [1.807, 2.05) is 11.5 Å². The number of amides is 1. The molecule has 0 unspecified atom stereocenters. The summed E-state index contributed by atoms with van der Waals surface area (Å²) < 4.78 is 1.90. The highest BCUT2D eigenvalue weighted by molar-refractivity contribution is 6.16. The molecule has 0 aromatic carbocycles. The number of nitrogens with zero attached hydrogens (tertiary/aromatic N) is 2. The fraction of sp³-hybridized carbons (Fsp3) is 0.600. The van der Waals surface area contributed by atoms with Crippen molar-refractivity contribution in [2.45, 2.75) is 32.2 Å². The number of rotatable bonds is 6. The highest BCUT2D eigenvalue weighted by Gasteiger charge is 2.03.